The van der Waals surface area contributed by atoms with Crippen molar-refractivity contribution in [3.8, 4) is 0 Å². The van der Waals surface area contributed by atoms with Crippen LogP contribution in [0.1, 0.15) is 44.6 Å². The number of rotatable bonds is 4. The number of H-pyrrole nitrogens is 1. The summed E-state index contributed by atoms with van der Waals surface area (Å²) in [5.74, 6) is 0.0758. The molecule has 0 aliphatic heterocycles. The third kappa shape index (κ3) is 2.91. The summed E-state index contributed by atoms with van der Waals surface area (Å²) in [5.41, 5.74) is 2.91. The molecule has 0 radical (unpaired) electrons. The summed E-state index contributed by atoms with van der Waals surface area (Å²) < 4.78 is 1.65. The number of hydrogen-bond acceptors (Lipinski definition) is 3. The first kappa shape index (κ1) is 16.3. The fourth-order valence-electron chi connectivity index (χ4n) is 3.03. The van der Waals surface area contributed by atoms with Gasteiger partial charge in [0.1, 0.15) is 0 Å². The molecule has 2 aromatic rings. The van der Waals surface area contributed by atoms with Crippen molar-refractivity contribution in [1.29, 1.82) is 0 Å². The van der Waals surface area contributed by atoms with Crippen molar-refractivity contribution in [2.45, 2.75) is 60.0 Å². The molecule has 2 heterocycles. The highest BCUT2D eigenvalue weighted by molar-refractivity contribution is 5.80. The molecule has 0 aliphatic rings. The van der Waals surface area contributed by atoms with Gasteiger partial charge >= 0.3 is 0 Å². The SMILES string of the molecule is Cc1nc2cc(=O)[nH]n2c(C)c1CC(=O)N(C(C)C)C(C)C. The molecule has 0 saturated heterocycles. The summed E-state index contributed by atoms with van der Waals surface area (Å²) in [7, 11) is 0. The van der Waals surface area contributed by atoms with E-state index in [0.29, 0.717) is 5.65 Å². The van der Waals surface area contributed by atoms with E-state index in [-0.39, 0.29) is 30.0 Å². The van der Waals surface area contributed by atoms with E-state index in [0.717, 1.165) is 17.0 Å². The number of aromatic nitrogens is 3. The predicted molar refractivity (Wildman–Crippen MR) is 86.1 cm³/mol. The molecular weight excluding hydrogens is 280 g/mol. The van der Waals surface area contributed by atoms with E-state index >= 15 is 0 Å². The first-order chi connectivity index (χ1) is 10.2. The summed E-state index contributed by atoms with van der Waals surface area (Å²) in [6, 6.07) is 1.76. The molecule has 0 aromatic carbocycles. The second-order valence-corrected chi connectivity index (χ2v) is 6.24. The van der Waals surface area contributed by atoms with Crippen LogP contribution in [0.15, 0.2) is 10.9 Å². The largest absolute Gasteiger partial charge is 0.338 e. The topological polar surface area (TPSA) is 70.5 Å². The Labute approximate surface area is 130 Å². The van der Waals surface area contributed by atoms with Crippen molar-refractivity contribution in [2.24, 2.45) is 0 Å². The lowest BCUT2D eigenvalue weighted by Crippen LogP contribution is -2.43. The molecule has 0 spiro atoms. The van der Waals surface area contributed by atoms with E-state index in [1.54, 1.807) is 4.52 Å². The van der Waals surface area contributed by atoms with Crippen molar-refractivity contribution >= 4 is 11.6 Å². The van der Waals surface area contributed by atoms with Gasteiger partial charge in [-0.15, -0.1) is 0 Å². The number of carbonyl (C=O) groups excluding carboxylic acids is 1. The van der Waals surface area contributed by atoms with Crippen molar-refractivity contribution in [3.63, 3.8) is 0 Å². The molecule has 0 saturated carbocycles. The Morgan fingerprint density at radius 3 is 2.41 bits per heavy atom. The highest BCUT2D eigenvalue weighted by atomic mass is 16.2. The zero-order valence-electron chi connectivity index (χ0n) is 14.1. The third-order valence-electron chi connectivity index (χ3n) is 3.93. The molecule has 120 valence electrons. The number of nitrogens with one attached hydrogen (secondary N) is 1. The van der Waals surface area contributed by atoms with Crippen LogP contribution in [0.5, 0.6) is 0 Å². The molecule has 1 amide bonds. The lowest BCUT2D eigenvalue weighted by molar-refractivity contribution is -0.134. The summed E-state index contributed by atoms with van der Waals surface area (Å²) in [6.07, 6.45) is 0.289. The van der Waals surface area contributed by atoms with Gasteiger partial charge in [-0.2, -0.15) is 0 Å². The average molecular weight is 304 g/mol. The molecule has 6 nitrogen and oxygen atoms in total. The van der Waals surface area contributed by atoms with Gasteiger partial charge in [-0.25, -0.2) is 9.50 Å². The van der Waals surface area contributed by atoms with Gasteiger partial charge in [-0.05, 0) is 41.5 Å². The Kier molecular flexibility index (Phi) is 4.39. The van der Waals surface area contributed by atoms with Crippen LogP contribution in [-0.4, -0.2) is 37.5 Å². The monoisotopic (exact) mass is 304 g/mol. The van der Waals surface area contributed by atoms with Gasteiger partial charge in [0.05, 0.1) is 6.42 Å². The normalized spacial score (nSPS) is 11.6. The van der Waals surface area contributed by atoms with Gasteiger partial charge in [-0.3, -0.25) is 14.7 Å². The Bertz CT molecular complexity index is 747. The van der Waals surface area contributed by atoms with E-state index < -0.39 is 0 Å². The maximum absolute atomic E-state index is 12.7. The summed E-state index contributed by atoms with van der Waals surface area (Å²) in [6.45, 7) is 11.8. The fourth-order valence-corrected chi connectivity index (χ4v) is 3.03. The van der Waals surface area contributed by atoms with Crippen molar-refractivity contribution in [1.82, 2.24) is 19.5 Å². The molecule has 1 N–H and O–H groups in total. The number of nitrogens with zero attached hydrogens (tertiary/aromatic N) is 3. The summed E-state index contributed by atoms with van der Waals surface area (Å²) in [4.78, 5) is 30.4. The Morgan fingerprint density at radius 1 is 1.27 bits per heavy atom. The van der Waals surface area contributed by atoms with E-state index in [1.807, 2.05) is 46.4 Å². The summed E-state index contributed by atoms with van der Waals surface area (Å²) >= 11 is 0. The Hall–Kier alpha value is -2.11. The van der Waals surface area contributed by atoms with E-state index in [9.17, 15) is 9.59 Å². The van der Waals surface area contributed by atoms with Crippen LogP contribution in [0.2, 0.25) is 0 Å². The molecule has 2 aromatic heterocycles. The molecule has 0 fully saturated rings. The standard InChI is InChI=1S/C16H24N4O2/c1-9(2)19(10(3)4)16(22)7-13-11(5)17-14-8-15(21)18-20(14)12(13)6/h8-10H,7H2,1-6H3,(H,18,21). The van der Waals surface area contributed by atoms with Crippen molar-refractivity contribution < 1.29 is 4.79 Å². The van der Waals surface area contributed by atoms with Crippen molar-refractivity contribution in [2.75, 3.05) is 0 Å². The highest BCUT2D eigenvalue weighted by Crippen LogP contribution is 2.16. The maximum Gasteiger partial charge on any atom is 0.266 e. The zero-order chi connectivity index (χ0) is 16.6. The van der Waals surface area contributed by atoms with Crippen LogP contribution < -0.4 is 5.56 Å². The summed E-state index contributed by atoms with van der Waals surface area (Å²) in [5, 5.41) is 2.72. The van der Waals surface area contributed by atoms with E-state index in [1.165, 1.54) is 6.07 Å². The van der Waals surface area contributed by atoms with Crippen molar-refractivity contribution in [3.05, 3.63) is 33.4 Å². The van der Waals surface area contributed by atoms with Crippen LogP contribution >= 0.6 is 0 Å². The van der Waals surface area contributed by atoms with Crippen LogP contribution in [0.25, 0.3) is 5.65 Å². The van der Waals surface area contributed by atoms with Gasteiger partial charge < -0.3 is 4.90 Å². The fraction of sp³-hybridized carbons (Fsp3) is 0.562. The number of aryl methyl sites for hydroxylation is 2. The minimum atomic E-state index is -0.190. The number of aromatic amines is 1. The average Bonchev–Trinajstić information content (AvgIpc) is 2.74. The lowest BCUT2D eigenvalue weighted by Gasteiger charge is -2.31. The van der Waals surface area contributed by atoms with Crippen LogP contribution in [0.3, 0.4) is 0 Å². The molecule has 2 rings (SSSR count). The molecule has 22 heavy (non-hydrogen) atoms. The van der Waals surface area contributed by atoms with Gasteiger partial charge in [0, 0.05) is 35.1 Å². The lowest BCUT2D eigenvalue weighted by atomic mass is 10.1. The van der Waals surface area contributed by atoms with Gasteiger partial charge in [0.15, 0.2) is 5.65 Å². The molecule has 0 atom stereocenters. The van der Waals surface area contributed by atoms with Crippen LogP contribution in [-0.2, 0) is 11.2 Å². The first-order valence-electron chi connectivity index (χ1n) is 7.61. The Balaban J connectivity index is 2.43. The molecule has 0 unspecified atom stereocenters. The van der Waals surface area contributed by atoms with Gasteiger partial charge in [0.25, 0.3) is 5.56 Å². The van der Waals surface area contributed by atoms with Gasteiger partial charge in [-0.1, -0.05) is 0 Å². The van der Waals surface area contributed by atoms with E-state index in [4.69, 9.17) is 0 Å². The van der Waals surface area contributed by atoms with E-state index in [2.05, 4.69) is 10.1 Å². The minimum absolute atomic E-state index is 0.0758. The number of amides is 1. The first-order valence-corrected chi connectivity index (χ1v) is 7.61. The second kappa shape index (κ2) is 5.94. The molecular formula is C16H24N4O2. The number of fused-ring (bicyclic) bond motifs is 1. The Morgan fingerprint density at radius 2 is 1.86 bits per heavy atom. The maximum atomic E-state index is 12.7. The predicted octanol–water partition coefficient (Wildman–Crippen LogP) is 1.83. The minimum Gasteiger partial charge on any atom is -0.338 e. The highest BCUT2D eigenvalue weighted by Gasteiger charge is 2.22. The molecule has 0 aliphatic carbocycles. The molecule has 6 heteroatoms. The van der Waals surface area contributed by atoms with Crippen LogP contribution in [0, 0.1) is 13.8 Å². The number of hydrogen-bond donors (Lipinski definition) is 1. The smallest absolute Gasteiger partial charge is 0.266 e. The van der Waals surface area contributed by atoms with Crippen LogP contribution in [0.4, 0.5) is 0 Å². The number of carbonyl (C=O) groups is 1. The third-order valence-corrected chi connectivity index (χ3v) is 3.93. The quantitative estimate of drug-likeness (QED) is 0.936. The molecule has 0 bridgehead atoms. The second-order valence-electron chi connectivity index (χ2n) is 6.24. The van der Waals surface area contributed by atoms with Gasteiger partial charge in [0.2, 0.25) is 5.91 Å². The zero-order valence-corrected chi connectivity index (χ0v) is 14.1.